The van der Waals surface area contributed by atoms with E-state index in [0.717, 1.165) is 37.1 Å². The maximum absolute atomic E-state index is 9.10. The number of rotatable bonds is 6. The summed E-state index contributed by atoms with van der Waals surface area (Å²) >= 11 is 0. The Bertz CT molecular complexity index is 804. The number of carboxylic acids is 2. The molecular formula is C23H29NO6. The van der Waals surface area contributed by atoms with Crippen LogP contribution >= 0.6 is 0 Å². The number of hydrogen-bond acceptors (Lipinski definition) is 5. The zero-order valence-corrected chi connectivity index (χ0v) is 17.4. The highest BCUT2D eigenvalue weighted by Crippen LogP contribution is 2.28. The van der Waals surface area contributed by atoms with E-state index in [1.807, 2.05) is 12.1 Å². The molecule has 1 aliphatic heterocycles. The normalized spacial score (nSPS) is 14.3. The first-order chi connectivity index (χ1) is 14.4. The molecule has 1 fully saturated rings. The molecule has 7 heteroatoms. The van der Waals surface area contributed by atoms with Gasteiger partial charge in [-0.15, -0.1) is 0 Å². The molecule has 1 heterocycles. The number of hydrogen-bond donors (Lipinski definition) is 2. The minimum atomic E-state index is -1.82. The maximum Gasteiger partial charge on any atom is 0.414 e. The fourth-order valence-electron chi connectivity index (χ4n) is 3.52. The van der Waals surface area contributed by atoms with Gasteiger partial charge in [0.2, 0.25) is 0 Å². The highest BCUT2D eigenvalue weighted by molar-refractivity contribution is 6.27. The summed E-state index contributed by atoms with van der Waals surface area (Å²) in [5.74, 6) is -1.08. The maximum atomic E-state index is 9.10. The van der Waals surface area contributed by atoms with E-state index in [4.69, 9.17) is 29.3 Å². The molecule has 2 aromatic carbocycles. The lowest BCUT2D eigenvalue weighted by molar-refractivity contribution is -0.159. The van der Waals surface area contributed by atoms with Gasteiger partial charge in [-0.2, -0.15) is 0 Å². The largest absolute Gasteiger partial charge is 0.497 e. The quantitative estimate of drug-likeness (QED) is 0.699. The van der Waals surface area contributed by atoms with Crippen molar-refractivity contribution in [2.24, 2.45) is 5.92 Å². The van der Waals surface area contributed by atoms with Gasteiger partial charge in [0.1, 0.15) is 11.5 Å². The van der Waals surface area contributed by atoms with Gasteiger partial charge in [0.15, 0.2) is 0 Å². The third-order valence-corrected chi connectivity index (χ3v) is 5.15. The molecule has 0 radical (unpaired) electrons. The SMILES string of the molecule is COc1ccc(CN2CCC(Cc3ccccc3)CC2)c(OC)c1.O=C(O)C(=O)O. The molecule has 3 rings (SSSR count). The van der Waals surface area contributed by atoms with Crippen LogP contribution in [0.15, 0.2) is 48.5 Å². The van der Waals surface area contributed by atoms with E-state index in [1.165, 1.54) is 30.4 Å². The zero-order chi connectivity index (χ0) is 21.9. The number of ether oxygens (including phenoxy) is 2. The average molecular weight is 415 g/mol. The Balaban J connectivity index is 0.000000469. The van der Waals surface area contributed by atoms with Crippen LogP contribution in [0.5, 0.6) is 11.5 Å². The van der Waals surface area contributed by atoms with Crippen LogP contribution in [0.25, 0.3) is 0 Å². The van der Waals surface area contributed by atoms with E-state index >= 15 is 0 Å². The number of aliphatic carboxylic acids is 2. The first kappa shape index (κ1) is 23.2. The fourth-order valence-corrected chi connectivity index (χ4v) is 3.52. The summed E-state index contributed by atoms with van der Waals surface area (Å²) in [6.45, 7) is 3.27. The summed E-state index contributed by atoms with van der Waals surface area (Å²) in [6, 6.07) is 17.0. The van der Waals surface area contributed by atoms with E-state index in [2.05, 4.69) is 41.3 Å². The minimum absolute atomic E-state index is 0.807. The highest BCUT2D eigenvalue weighted by Gasteiger charge is 2.20. The molecule has 0 bridgehead atoms. The highest BCUT2D eigenvalue weighted by atomic mass is 16.5. The summed E-state index contributed by atoms with van der Waals surface area (Å²) in [4.78, 5) is 20.7. The van der Waals surface area contributed by atoms with E-state index in [9.17, 15) is 0 Å². The van der Waals surface area contributed by atoms with E-state index in [-0.39, 0.29) is 0 Å². The average Bonchev–Trinajstić information content (AvgIpc) is 2.76. The second-order valence-electron chi connectivity index (χ2n) is 7.20. The summed E-state index contributed by atoms with van der Waals surface area (Å²) in [5, 5.41) is 14.8. The van der Waals surface area contributed by atoms with Gasteiger partial charge in [0, 0.05) is 18.2 Å². The van der Waals surface area contributed by atoms with Gasteiger partial charge < -0.3 is 19.7 Å². The Morgan fingerprint density at radius 1 is 0.967 bits per heavy atom. The van der Waals surface area contributed by atoms with Crippen LogP contribution in [-0.4, -0.2) is 54.4 Å². The predicted octanol–water partition coefficient (Wildman–Crippen LogP) is 3.31. The van der Waals surface area contributed by atoms with Crippen LogP contribution in [0.1, 0.15) is 24.0 Å². The molecular weight excluding hydrogens is 386 g/mol. The Hall–Kier alpha value is -3.06. The lowest BCUT2D eigenvalue weighted by Gasteiger charge is -2.32. The monoisotopic (exact) mass is 415 g/mol. The molecule has 0 spiro atoms. The summed E-state index contributed by atoms with van der Waals surface area (Å²) in [5.41, 5.74) is 2.70. The summed E-state index contributed by atoms with van der Waals surface area (Å²) in [6.07, 6.45) is 3.75. The molecule has 2 N–H and O–H groups in total. The van der Waals surface area contributed by atoms with Crippen molar-refractivity contribution in [3.8, 4) is 11.5 Å². The van der Waals surface area contributed by atoms with E-state index in [1.54, 1.807) is 14.2 Å². The van der Waals surface area contributed by atoms with Crippen molar-refractivity contribution in [2.75, 3.05) is 27.3 Å². The van der Waals surface area contributed by atoms with Crippen LogP contribution in [0.4, 0.5) is 0 Å². The van der Waals surface area contributed by atoms with E-state index in [0.29, 0.717) is 0 Å². The van der Waals surface area contributed by atoms with Gasteiger partial charge in [-0.25, -0.2) is 9.59 Å². The van der Waals surface area contributed by atoms with Crippen molar-refractivity contribution >= 4 is 11.9 Å². The van der Waals surface area contributed by atoms with Gasteiger partial charge in [0.25, 0.3) is 0 Å². The fraction of sp³-hybridized carbons (Fsp3) is 0.391. The Labute approximate surface area is 176 Å². The number of likely N-dealkylation sites (tertiary alicyclic amines) is 1. The molecule has 7 nitrogen and oxygen atoms in total. The summed E-state index contributed by atoms with van der Waals surface area (Å²) in [7, 11) is 3.41. The Morgan fingerprint density at radius 3 is 2.13 bits per heavy atom. The van der Waals surface area contributed by atoms with Crippen LogP contribution in [0.2, 0.25) is 0 Å². The molecule has 0 saturated carbocycles. The molecule has 0 amide bonds. The van der Waals surface area contributed by atoms with Gasteiger partial charge in [-0.05, 0) is 49.9 Å². The first-order valence-corrected chi connectivity index (χ1v) is 9.86. The van der Waals surface area contributed by atoms with Crippen LogP contribution in [-0.2, 0) is 22.6 Å². The van der Waals surface area contributed by atoms with Crippen LogP contribution in [0, 0.1) is 5.92 Å². The van der Waals surface area contributed by atoms with Gasteiger partial charge in [0.05, 0.1) is 14.2 Å². The third-order valence-electron chi connectivity index (χ3n) is 5.15. The summed E-state index contributed by atoms with van der Waals surface area (Å²) < 4.78 is 10.8. The molecule has 162 valence electrons. The van der Waals surface area contributed by atoms with Crippen molar-refractivity contribution in [2.45, 2.75) is 25.8 Å². The van der Waals surface area contributed by atoms with Crippen molar-refractivity contribution < 1.29 is 29.3 Å². The number of carboxylic acid groups (broad SMARTS) is 2. The molecule has 30 heavy (non-hydrogen) atoms. The van der Waals surface area contributed by atoms with Crippen molar-refractivity contribution in [3.63, 3.8) is 0 Å². The predicted molar refractivity (Wildman–Crippen MR) is 113 cm³/mol. The van der Waals surface area contributed by atoms with Gasteiger partial charge >= 0.3 is 11.9 Å². The topological polar surface area (TPSA) is 96.3 Å². The lowest BCUT2D eigenvalue weighted by Crippen LogP contribution is -2.34. The lowest BCUT2D eigenvalue weighted by atomic mass is 9.90. The number of piperidine rings is 1. The van der Waals surface area contributed by atoms with Crippen molar-refractivity contribution in [1.29, 1.82) is 0 Å². The minimum Gasteiger partial charge on any atom is -0.497 e. The van der Waals surface area contributed by atoms with E-state index < -0.39 is 11.9 Å². The molecule has 0 aliphatic carbocycles. The number of methoxy groups -OCH3 is 2. The van der Waals surface area contributed by atoms with Gasteiger partial charge in [-0.3, -0.25) is 4.90 Å². The second-order valence-corrected chi connectivity index (χ2v) is 7.20. The third kappa shape index (κ3) is 7.40. The molecule has 1 aliphatic rings. The molecule has 2 aromatic rings. The zero-order valence-electron chi connectivity index (χ0n) is 17.4. The Kier molecular flexibility index (Phi) is 9.15. The number of benzene rings is 2. The van der Waals surface area contributed by atoms with Crippen LogP contribution < -0.4 is 9.47 Å². The molecule has 0 atom stereocenters. The number of nitrogens with zero attached hydrogens (tertiary/aromatic N) is 1. The van der Waals surface area contributed by atoms with Crippen LogP contribution in [0.3, 0.4) is 0 Å². The number of carbonyl (C=O) groups is 2. The smallest absolute Gasteiger partial charge is 0.414 e. The van der Waals surface area contributed by atoms with Crippen molar-refractivity contribution in [3.05, 3.63) is 59.7 Å². The van der Waals surface area contributed by atoms with Gasteiger partial charge in [-0.1, -0.05) is 36.4 Å². The first-order valence-electron chi connectivity index (χ1n) is 9.86. The second kappa shape index (κ2) is 11.8. The molecule has 0 unspecified atom stereocenters. The molecule has 0 aromatic heterocycles. The van der Waals surface area contributed by atoms with Crippen molar-refractivity contribution in [1.82, 2.24) is 4.90 Å². The Morgan fingerprint density at radius 2 is 1.60 bits per heavy atom. The standard InChI is InChI=1S/C21H27NO2.C2H2O4/c1-23-20-9-8-19(21(15-20)24-2)16-22-12-10-18(11-13-22)14-17-6-4-3-5-7-17;3-1(4)2(5)6/h3-9,15,18H,10-14,16H2,1-2H3;(H,3,4)(H,5,6). The molecule has 1 saturated heterocycles.